The number of halogens is 1. The van der Waals surface area contributed by atoms with E-state index in [1.54, 1.807) is 6.07 Å². The van der Waals surface area contributed by atoms with Crippen LogP contribution in [0.4, 0.5) is 4.39 Å². The van der Waals surface area contributed by atoms with Gasteiger partial charge in [-0.25, -0.2) is 4.39 Å². The fourth-order valence-electron chi connectivity index (χ4n) is 1.73. The van der Waals surface area contributed by atoms with Crippen LogP contribution >= 0.6 is 0 Å². The molecular weight excluding hydrogens is 177 g/mol. The summed E-state index contributed by atoms with van der Waals surface area (Å²) >= 11 is 0. The molecule has 0 fully saturated rings. The van der Waals surface area contributed by atoms with Gasteiger partial charge in [0.1, 0.15) is 5.82 Å². The summed E-state index contributed by atoms with van der Waals surface area (Å²) in [6.07, 6.45) is 1.02. The van der Waals surface area contributed by atoms with E-state index in [1.165, 1.54) is 6.07 Å². The molecule has 0 aliphatic carbocycles. The lowest BCUT2D eigenvalue weighted by atomic mass is 9.85. The molecule has 2 unspecified atom stereocenters. The first-order valence-corrected chi connectivity index (χ1v) is 5.15. The molecule has 0 aliphatic heterocycles. The van der Waals surface area contributed by atoms with Crippen LogP contribution in [0.5, 0.6) is 0 Å². The number of rotatable bonds is 4. The van der Waals surface area contributed by atoms with Gasteiger partial charge in [0.15, 0.2) is 0 Å². The maximum atomic E-state index is 13.5. The molecule has 78 valence electrons. The molecular formula is C12H18FN. The number of hydrogen-bond donors (Lipinski definition) is 1. The van der Waals surface area contributed by atoms with Crippen molar-refractivity contribution in [2.24, 2.45) is 11.7 Å². The van der Waals surface area contributed by atoms with Crippen molar-refractivity contribution in [3.8, 4) is 0 Å². The fraction of sp³-hybridized carbons (Fsp3) is 0.500. The SMILES string of the molecule is CCC(C)C(CN)c1ccccc1F. The Balaban J connectivity index is 2.94. The molecule has 1 rings (SSSR count). The Morgan fingerprint density at radius 2 is 2.00 bits per heavy atom. The lowest BCUT2D eigenvalue weighted by Gasteiger charge is -2.22. The molecule has 0 aromatic heterocycles. The highest BCUT2D eigenvalue weighted by atomic mass is 19.1. The topological polar surface area (TPSA) is 26.0 Å². The standard InChI is InChI=1S/C12H18FN/c1-3-9(2)11(8-14)10-6-4-5-7-12(10)13/h4-7,9,11H,3,8,14H2,1-2H3. The Kier molecular flexibility index (Phi) is 4.08. The van der Waals surface area contributed by atoms with Crippen LogP contribution in [0.1, 0.15) is 31.7 Å². The van der Waals surface area contributed by atoms with Crippen molar-refractivity contribution in [1.29, 1.82) is 0 Å². The first kappa shape index (κ1) is 11.2. The third-order valence-electron chi connectivity index (χ3n) is 2.89. The maximum absolute atomic E-state index is 13.5. The summed E-state index contributed by atoms with van der Waals surface area (Å²) in [5.41, 5.74) is 6.44. The van der Waals surface area contributed by atoms with E-state index >= 15 is 0 Å². The van der Waals surface area contributed by atoms with Crippen molar-refractivity contribution in [2.75, 3.05) is 6.54 Å². The summed E-state index contributed by atoms with van der Waals surface area (Å²) in [6.45, 7) is 4.73. The molecule has 1 aromatic carbocycles. The van der Waals surface area contributed by atoms with E-state index in [-0.39, 0.29) is 11.7 Å². The first-order valence-electron chi connectivity index (χ1n) is 5.15. The molecule has 2 N–H and O–H groups in total. The quantitative estimate of drug-likeness (QED) is 0.785. The van der Waals surface area contributed by atoms with Gasteiger partial charge in [-0.15, -0.1) is 0 Å². The van der Waals surface area contributed by atoms with Gasteiger partial charge in [-0.3, -0.25) is 0 Å². The second-order valence-corrected chi connectivity index (χ2v) is 3.75. The predicted octanol–water partition coefficient (Wildman–Crippen LogP) is 2.91. The van der Waals surface area contributed by atoms with E-state index in [9.17, 15) is 4.39 Å². The lowest BCUT2D eigenvalue weighted by molar-refractivity contribution is 0.435. The molecule has 14 heavy (non-hydrogen) atoms. The van der Waals surface area contributed by atoms with Crippen LogP contribution in [0.25, 0.3) is 0 Å². The third-order valence-corrected chi connectivity index (χ3v) is 2.89. The highest BCUT2D eigenvalue weighted by Crippen LogP contribution is 2.27. The Bertz CT molecular complexity index is 285. The van der Waals surface area contributed by atoms with Gasteiger partial charge in [0.25, 0.3) is 0 Å². The molecule has 1 aromatic rings. The molecule has 0 saturated carbocycles. The molecule has 0 aliphatic rings. The molecule has 0 heterocycles. The molecule has 0 spiro atoms. The Hall–Kier alpha value is -0.890. The minimum atomic E-state index is -0.136. The second kappa shape index (κ2) is 5.11. The second-order valence-electron chi connectivity index (χ2n) is 3.75. The molecule has 2 heteroatoms. The zero-order chi connectivity index (χ0) is 10.6. The zero-order valence-corrected chi connectivity index (χ0v) is 8.83. The maximum Gasteiger partial charge on any atom is 0.126 e. The van der Waals surface area contributed by atoms with Gasteiger partial charge < -0.3 is 5.73 Å². The molecule has 0 radical (unpaired) electrons. The number of nitrogens with two attached hydrogens (primary N) is 1. The van der Waals surface area contributed by atoms with E-state index in [0.717, 1.165) is 12.0 Å². The minimum Gasteiger partial charge on any atom is -0.330 e. The molecule has 1 nitrogen and oxygen atoms in total. The van der Waals surface area contributed by atoms with Crippen LogP contribution in [0.15, 0.2) is 24.3 Å². The Morgan fingerprint density at radius 1 is 1.36 bits per heavy atom. The molecule has 0 saturated heterocycles. The third kappa shape index (κ3) is 2.32. The van der Waals surface area contributed by atoms with E-state index in [1.807, 2.05) is 12.1 Å². The van der Waals surface area contributed by atoms with E-state index in [0.29, 0.717) is 12.5 Å². The average Bonchev–Trinajstić information content (AvgIpc) is 2.21. The van der Waals surface area contributed by atoms with Crippen LogP contribution < -0.4 is 5.73 Å². The summed E-state index contributed by atoms with van der Waals surface area (Å²) in [6, 6.07) is 6.91. The van der Waals surface area contributed by atoms with Crippen LogP contribution in [-0.2, 0) is 0 Å². The van der Waals surface area contributed by atoms with Crippen molar-refractivity contribution < 1.29 is 4.39 Å². The number of benzene rings is 1. The van der Waals surface area contributed by atoms with Crippen LogP contribution in [0.2, 0.25) is 0 Å². The minimum absolute atomic E-state index is 0.136. The van der Waals surface area contributed by atoms with E-state index in [2.05, 4.69) is 13.8 Å². The fourth-order valence-corrected chi connectivity index (χ4v) is 1.73. The van der Waals surface area contributed by atoms with E-state index < -0.39 is 0 Å². The van der Waals surface area contributed by atoms with Crippen molar-refractivity contribution in [3.63, 3.8) is 0 Å². The van der Waals surface area contributed by atoms with Crippen molar-refractivity contribution in [2.45, 2.75) is 26.2 Å². The Morgan fingerprint density at radius 3 is 2.50 bits per heavy atom. The Labute approximate surface area is 85.1 Å². The van der Waals surface area contributed by atoms with Crippen molar-refractivity contribution in [1.82, 2.24) is 0 Å². The van der Waals surface area contributed by atoms with Crippen LogP contribution in [-0.4, -0.2) is 6.54 Å². The predicted molar refractivity (Wildman–Crippen MR) is 57.7 cm³/mol. The summed E-state index contributed by atoms with van der Waals surface area (Å²) in [5, 5.41) is 0. The van der Waals surface area contributed by atoms with Gasteiger partial charge in [0, 0.05) is 5.92 Å². The summed E-state index contributed by atoms with van der Waals surface area (Å²) in [5.74, 6) is 0.432. The van der Waals surface area contributed by atoms with Crippen LogP contribution in [0.3, 0.4) is 0 Å². The van der Waals surface area contributed by atoms with Gasteiger partial charge in [-0.1, -0.05) is 38.5 Å². The monoisotopic (exact) mass is 195 g/mol. The highest BCUT2D eigenvalue weighted by molar-refractivity contribution is 5.22. The summed E-state index contributed by atoms with van der Waals surface area (Å²) in [7, 11) is 0. The average molecular weight is 195 g/mol. The van der Waals surface area contributed by atoms with Gasteiger partial charge in [0.2, 0.25) is 0 Å². The zero-order valence-electron chi connectivity index (χ0n) is 8.83. The lowest BCUT2D eigenvalue weighted by Crippen LogP contribution is -2.20. The summed E-state index contributed by atoms with van der Waals surface area (Å²) < 4.78 is 13.5. The normalized spacial score (nSPS) is 15.1. The molecule has 2 atom stereocenters. The van der Waals surface area contributed by atoms with Gasteiger partial charge in [-0.05, 0) is 24.1 Å². The molecule has 0 amide bonds. The van der Waals surface area contributed by atoms with Crippen molar-refractivity contribution >= 4 is 0 Å². The van der Waals surface area contributed by atoms with E-state index in [4.69, 9.17) is 5.73 Å². The largest absolute Gasteiger partial charge is 0.330 e. The first-order chi connectivity index (χ1) is 6.70. The smallest absolute Gasteiger partial charge is 0.126 e. The van der Waals surface area contributed by atoms with Crippen molar-refractivity contribution in [3.05, 3.63) is 35.6 Å². The van der Waals surface area contributed by atoms with Gasteiger partial charge >= 0.3 is 0 Å². The molecule has 0 bridgehead atoms. The van der Waals surface area contributed by atoms with Gasteiger partial charge in [0.05, 0.1) is 0 Å². The van der Waals surface area contributed by atoms with Gasteiger partial charge in [-0.2, -0.15) is 0 Å². The number of hydrogen-bond acceptors (Lipinski definition) is 1. The summed E-state index contributed by atoms with van der Waals surface area (Å²) in [4.78, 5) is 0. The van der Waals surface area contributed by atoms with Crippen LogP contribution in [0, 0.1) is 11.7 Å². The highest BCUT2D eigenvalue weighted by Gasteiger charge is 2.18.